The lowest BCUT2D eigenvalue weighted by Gasteiger charge is -2.30. The molecule has 0 radical (unpaired) electrons. The predicted octanol–water partition coefficient (Wildman–Crippen LogP) is 1.67. The SMILES string of the molecule is O=C(Nc1cnccc1N1CCNCC1)c1nnc(-c2nc3ccccc3[nH]2)o1. The molecule has 0 aliphatic carbocycles. The van der Waals surface area contributed by atoms with E-state index in [4.69, 9.17) is 4.42 Å². The zero-order valence-electron chi connectivity index (χ0n) is 15.4. The number of rotatable bonds is 4. The Balaban J connectivity index is 1.37. The van der Waals surface area contributed by atoms with Crippen molar-refractivity contribution in [3.8, 4) is 11.7 Å². The molecule has 3 N–H and O–H groups in total. The first-order valence-corrected chi connectivity index (χ1v) is 9.27. The molecular formula is C19H18N8O2. The van der Waals surface area contributed by atoms with Gasteiger partial charge in [-0.05, 0) is 18.2 Å². The van der Waals surface area contributed by atoms with Gasteiger partial charge in [0.05, 0.1) is 28.6 Å². The first kappa shape index (κ1) is 17.3. The van der Waals surface area contributed by atoms with Crippen LogP contribution in [0.25, 0.3) is 22.7 Å². The van der Waals surface area contributed by atoms with E-state index in [2.05, 4.69) is 40.7 Å². The maximum absolute atomic E-state index is 12.7. The topological polar surface area (TPSA) is 125 Å². The first-order valence-electron chi connectivity index (χ1n) is 9.27. The van der Waals surface area contributed by atoms with Crippen molar-refractivity contribution in [1.29, 1.82) is 0 Å². The molecule has 29 heavy (non-hydrogen) atoms. The number of pyridine rings is 1. The van der Waals surface area contributed by atoms with Crippen molar-refractivity contribution in [3.63, 3.8) is 0 Å². The molecule has 1 saturated heterocycles. The van der Waals surface area contributed by atoms with E-state index in [0.29, 0.717) is 11.5 Å². The number of aromatic amines is 1. The van der Waals surface area contributed by atoms with E-state index in [9.17, 15) is 4.79 Å². The van der Waals surface area contributed by atoms with E-state index in [-0.39, 0.29) is 11.8 Å². The minimum absolute atomic E-state index is 0.143. The highest BCUT2D eigenvalue weighted by atomic mass is 16.4. The number of carbonyl (C=O) groups excluding carboxylic acids is 1. The maximum atomic E-state index is 12.7. The number of carbonyl (C=O) groups is 1. The van der Waals surface area contributed by atoms with Crippen molar-refractivity contribution in [1.82, 2.24) is 30.5 Å². The fourth-order valence-electron chi connectivity index (χ4n) is 3.31. The summed E-state index contributed by atoms with van der Waals surface area (Å²) in [4.78, 5) is 26.5. The van der Waals surface area contributed by atoms with E-state index >= 15 is 0 Å². The van der Waals surface area contributed by atoms with Gasteiger partial charge in [-0.25, -0.2) is 4.98 Å². The summed E-state index contributed by atoms with van der Waals surface area (Å²) in [5.41, 5.74) is 3.14. The molecular weight excluding hydrogens is 372 g/mol. The quantitative estimate of drug-likeness (QED) is 0.481. The third-order valence-electron chi connectivity index (χ3n) is 4.72. The van der Waals surface area contributed by atoms with E-state index in [1.807, 2.05) is 30.3 Å². The number of piperazine rings is 1. The average Bonchev–Trinajstić information content (AvgIpc) is 3.42. The number of nitrogens with one attached hydrogen (secondary N) is 3. The molecule has 0 unspecified atom stereocenters. The third-order valence-corrected chi connectivity index (χ3v) is 4.72. The van der Waals surface area contributed by atoms with E-state index in [1.165, 1.54) is 0 Å². The Morgan fingerprint density at radius 3 is 2.86 bits per heavy atom. The van der Waals surface area contributed by atoms with Crippen LogP contribution in [-0.2, 0) is 0 Å². The van der Waals surface area contributed by atoms with Crippen molar-refractivity contribution < 1.29 is 9.21 Å². The largest absolute Gasteiger partial charge is 0.409 e. The van der Waals surface area contributed by atoms with Gasteiger partial charge in [-0.15, -0.1) is 10.2 Å². The Morgan fingerprint density at radius 1 is 1.14 bits per heavy atom. The van der Waals surface area contributed by atoms with Crippen LogP contribution < -0.4 is 15.5 Å². The summed E-state index contributed by atoms with van der Waals surface area (Å²) in [6, 6.07) is 9.45. The Kier molecular flexibility index (Phi) is 4.37. The van der Waals surface area contributed by atoms with Crippen molar-refractivity contribution >= 4 is 28.3 Å². The van der Waals surface area contributed by atoms with Crippen LogP contribution in [-0.4, -0.2) is 57.2 Å². The van der Waals surface area contributed by atoms with Crippen LogP contribution in [0.15, 0.2) is 47.1 Å². The smallest absolute Gasteiger partial charge is 0.313 e. The van der Waals surface area contributed by atoms with Gasteiger partial charge in [0.1, 0.15) is 0 Å². The molecule has 10 heteroatoms. The van der Waals surface area contributed by atoms with E-state index < -0.39 is 5.91 Å². The summed E-state index contributed by atoms with van der Waals surface area (Å²) >= 11 is 0. The molecule has 0 spiro atoms. The van der Waals surface area contributed by atoms with Crippen molar-refractivity contribution in [2.24, 2.45) is 0 Å². The molecule has 0 bridgehead atoms. The van der Waals surface area contributed by atoms with Crippen LogP contribution in [0, 0.1) is 0 Å². The summed E-state index contributed by atoms with van der Waals surface area (Å²) in [6.45, 7) is 3.48. The molecule has 1 fully saturated rings. The maximum Gasteiger partial charge on any atom is 0.313 e. The van der Waals surface area contributed by atoms with Crippen LogP contribution in [0.4, 0.5) is 11.4 Å². The number of benzene rings is 1. The van der Waals surface area contributed by atoms with Crippen molar-refractivity contribution in [2.75, 3.05) is 36.4 Å². The lowest BCUT2D eigenvalue weighted by Crippen LogP contribution is -2.43. The van der Waals surface area contributed by atoms with Crippen LogP contribution in [0.5, 0.6) is 0 Å². The van der Waals surface area contributed by atoms with E-state index in [1.54, 1.807) is 12.4 Å². The number of anilines is 2. The Bertz CT molecular complexity index is 1130. The number of fused-ring (bicyclic) bond motifs is 1. The number of para-hydroxylation sites is 2. The second-order valence-corrected chi connectivity index (χ2v) is 6.60. The summed E-state index contributed by atoms with van der Waals surface area (Å²) in [5, 5.41) is 14.0. The van der Waals surface area contributed by atoms with Gasteiger partial charge < -0.3 is 24.9 Å². The van der Waals surface area contributed by atoms with Gasteiger partial charge in [0.25, 0.3) is 5.89 Å². The lowest BCUT2D eigenvalue weighted by molar-refractivity contribution is 0.0991. The molecule has 4 aromatic rings. The van der Waals surface area contributed by atoms with Gasteiger partial charge in [-0.1, -0.05) is 12.1 Å². The number of hydrogen-bond donors (Lipinski definition) is 3. The fraction of sp³-hybridized carbons (Fsp3) is 0.211. The molecule has 1 amide bonds. The highest BCUT2D eigenvalue weighted by molar-refractivity contribution is 6.02. The molecule has 10 nitrogen and oxygen atoms in total. The van der Waals surface area contributed by atoms with Gasteiger partial charge in [0, 0.05) is 32.4 Å². The van der Waals surface area contributed by atoms with Crippen LogP contribution in [0.1, 0.15) is 10.7 Å². The Labute approximate surface area is 165 Å². The minimum Gasteiger partial charge on any atom is -0.409 e. The number of nitrogens with zero attached hydrogens (tertiary/aromatic N) is 5. The number of amides is 1. The molecule has 1 aliphatic heterocycles. The molecule has 0 atom stereocenters. The van der Waals surface area contributed by atoms with Gasteiger partial charge >= 0.3 is 11.8 Å². The predicted molar refractivity (Wildman–Crippen MR) is 107 cm³/mol. The highest BCUT2D eigenvalue weighted by Gasteiger charge is 2.21. The van der Waals surface area contributed by atoms with Crippen LogP contribution >= 0.6 is 0 Å². The normalized spacial score (nSPS) is 14.3. The first-order chi connectivity index (χ1) is 14.3. The number of hydrogen-bond acceptors (Lipinski definition) is 8. The zero-order valence-corrected chi connectivity index (χ0v) is 15.4. The van der Waals surface area contributed by atoms with Crippen LogP contribution in [0.2, 0.25) is 0 Å². The highest BCUT2D eigenvalue weighted by Crippen LogP contribution is 2.26. The molecule has 5 rings (SSSR count). The second kappa shape index (κ2) is 7.32. The van der Waals surface area contributed by atoms with E-state index in [0.717, 1.165) is 42.9 Å². The summed E-state index contributed by atoms with van der Waals surface area (Å²) < 4.78 is 5.55. The van der Waals surface area contributed by atoms with Gasteiger partial charge in [-0.3, -0.25) is 9.78 Å². The summed E-state index contributed by atoms with van der Waals surface area (Å²) in [5.74, 6) is -0.0692. The van der Waals surface area contributed by atoms with Crippen LogP contribution in [0.3, 0.4) is 0 Å². The number of aromatic nitrogens is 5. The standard InChI is InChI=1S/C19H18N8O2/c28-17(24-14-11-21-6-5-15(14)27-9-7-20-8-10-27)19-26-25-18(29-19)16-22-12-3-1-2-4-13(12)23-16/h1-6,11,20H,7-10H2,(H,22,23)(H,24,28). The molecule has 4 heterocycles. The molecule has 1 aliphatic rings. The van der Waals surface area contributed by atoms with Crippen molar-refractivity contribution in [3.05, 3.63) is 48.6 Å². The second-order valence-electron chi connectivity index (χ2n) is 6.60. The monoisotopic (exact) mass is 390 g/mol. The minimum atomic E-state index is -0.496. The average molecular weight is 390 g/mol. The molecule has 146 valence electrons. The molecule has 1 aromatic carbocycles. The fourth-order valence-corrected chi connectivity index (χ4v) is 3.31. The summed E-state index contributed by atoms with van der Waals surface area (Å²) in [7, 11) is 0. The van der Waals surface area contributed by atoms with Gasteiger partial charge in [0.15, 0.2) is 5.82 Å². The Hall–Kier alpha value is -3.79. The number of H-pyrrole nitrogens is 1. The summed E-state index contributed by atoms with van der Waals surface area (Å²) in [6.07, 6.45) is 3.32. The number of imidazole rings is 1. The molecule has 0 saturated carbocycles. The van der Waals surface area contributed by atoms with Crippen molar-refractivity contribution in [2.45, 2.75) is 0 Å². The Morgan fingerprint density at radius 2 is 2.00 bits per heavy atom. The van der Waals surface area contributed by atoms with Gasteiger partial charge in [-0.2, -0.15) is 0 Å². The van der Waals surface area contributed by atoms with Gasteiger partial charge in [0.2, 0.25) is 0 Å². The lowest BCUT2D eigenvalue weighted by atomic mass is 10.2. The molecule has 3 aromatic heterocycles. The zero-order chi connectivity index (χ0) is 19.6. The third kappa shape index (κ3) is 3.41.